The Morgan fingerprint density at radius 3 is 1.83 bits per heavy atom. The van der Waals surface area contributed by atoms with Crippen LogP contribution in [0.2, 0.25) is 0 Å². The summed E-state index contributed by atoms with van der Waals surface area (Å²) in [6.45, 7) is 7.88. The standard InChI is InChI=1S/C33H45N3O5/c1-5-7-14-23(4)28-21-29(37)34-26(19-24-15-10-8-11-16-24)31(38)35-27(20-25-17-12-9-13-18-25)32(39)36-30(22(3)6-2)33(40)41-28/h8-13,15-18,22-23,26-28,30H,5-7,14,19-21H2,1-4H3,(H,34,37)(H,35,38)(H,36,39)/t22-,23-,26-,27-,28-,30?/m0/s1. The SMILES string of the molecule is CCCC[C@H](C)[C@@H]1CC(=O)N[C@@H](Cc2ccccc2)C(=O)N[C@@H](Cc2ccccc2)C(=O)NC([C@@H](C)CC)C(=O)O1. The number of ether oxygens (including phenoxy) is 1. The Hall–Kier alpha value is -3.68. The maximum absolute atomic E-state index is 13.7. The van der Waals surface area contributed by atoms with Crippen LogP contribution in [0.25, 0.3) is 0 Å². The number of amides is 3. The molecule has 3 rings (SSSR count). The van der Waals surface area contributed by atoms with Crippen molar-refractivity contribution in [3.63, 3.8) is 0 Å². The molecule has 0 bridgehead atoms. The fourth-order valence-corrected chi connectivity index (χ4v) is 5.04. The topological polar surface area (TPSA) is 114 Å². The summed E-state index contributed by atoms with van der Waals surface area (Å²) in [6, 6.07) is 16.0. The number of benzene rings is 2. The molecule has 0 saturated carbocycles. The van der Waals surface area contributed by atoms with Gasteiger partial charge in [0.1, 0.15) is 24.2 Å². The quantitative estimate of drug-likeness (QED) is 0.377. The number of rotatable bonds is 10. The summed E-state index contributed by atoms with van der Waals surface area (Å²) in [7, 11) is 0. The molecule has 3 N–H and O–H groups in total. The lowest BCUT2D eigenvalue weighted by molar-refractivity contribution is -0.158. The van der Waals surface area contributed by atoms with Crippen LogP contribution in [0.5, 0.6) is 0 Å². The van der Waals surface area contributed by atoms with Crippen molar-refractivity contribution < 1.29 is 23.9 Å². The van der Waals surface area contributed by atoms with Crippen molar-refractivity contribution in [2.75, 3.05) is 0 Å². The van der Waals surface area contributed by atoms with Gasteiger partial charge in [-0.3, -0.25) is 14.4 Å². The van der Waals surface area contributed by atoms with Crippen LogP contribution in [-0.4, -0.2) is 47.9 Å². The molecule has 2 aromatic rings. The first-order valence-electron chi connectivity index (χ1n) is 14.9. The average Bonchev–Trinajstić information content (AvgIpc) is 2.98. The number of carbonyl (C=O) groups excluding carboxylic acids is 4. The molecule has 0 aliphatic carbocycles. The Balaban J connectivity index is 1.99. The number of nitrogens with one attached hydrogen (secondary N) is 3. The molecule has 6 atom stereocenters. The van der Waals surface area contributed by atoms with Crippen LogP contribution in [0.3, 0.4) is 0 Å². The third kappa shape index (κ3) is 9.73. The molecule has 1 aliphatic rings. The highest BCUT2D eigenvalue weighted by atomic mass is 16.5. The molecule has 41 heavy (non-hydrogen) atoms. The minimum absolute atomic E-state index is 0.0657. The largest absolute Gasteiger partial charge is 0.460 e. The van der Waals surface area contributed by atoms with Crippen molar-refractivity contribution in [2.24, 2.45) is 11.8 Å². The van der Waals surface area contributed by atoms with Gasteiger partial charge in [-0.2, -0.15) is 0 Å². The zero-order valence-electron chi connectivity index (χ0n) is 24.7. The molecule has 1 heterocycles. The van der Waals surface area contributed by atoms with Crippen LogP contribution < -0.4 is 16.0 Å². The smallest absolute Gasteiger partial charge is 0.329 e. The van der Waals surface area contributed by atoms with Crippen molar-refractivity contribution in [1.29, 1.82) is 0 Å². The van der Waals surface area contributed by atoms with Crippen LogP contribution in [0.15, 0.2) is 60.7 Å². The fourth-order valence-electron chi connectivity index (χ4n) is 5.04. The van der Waals surface area contributed by atoms with E-state index >= 15 is 0 Å². The molecule has 2 aromatic carbocycles. The van der Waals surface area contributed by atoms with Gasteiger partial charge in [0.2, 0.25) is 17.7 Å². The molecule has 0 radical (unpaired) electrons. The third-order valence-electron chi connectivity index (χ3n) is 7.92. The van der Waals surface area contributed by atoms with Gasteiger partial charge in [0.15, 0.2) is 0 Å². The molecular formula is C33H45N3O5. The number of hydrogen-bond donors (Lipinski definition) is 3. The summed E-state index contributed by atoms with van der Waals surface area (Å²) < 4.78 is 5.99. The van der Waals surface area contributed by atoms with Gasteiger partial charge in [0.25, 0.3) is 0 Å². The van der Waals surface area contributed by atoms with Crippen LogP contribution in [0.1, 0.15) is 70.9 Å². The molecule has 0 spiro atoms. The summed E-state index contributed by atoms with van der Waals surface area (Å²) in [5.41, 5.74) is 1.73. The van der Waals surface area contributed by atoms with Gasteiger partial charge in [-0.1, -0.05) is 108 Å². The Bertz CT molecular complexity index is 1140. The monoisotopic (exact) mass is 563 g/mol. The number of carbonyl (C=O) groups is 4. The highest BCUT2D eigenvalue weighted by Gasteiger charge is 2.36. The van der Waals surface area contributed by atoms with E-state index in [1.165, 1.54) is 0 Å². The van der Waals surface area contributed by atoms with E-state index in [4.69, 9.17) is 4.74 Å². The Morgan fingerprint density at radius 2 is 1.29 bits per heavy atom. The number of hydrogen-bond acceptors (Lipinski definition) is 5. The van der Waals surface area contributed by atoms with Gasteiger partial charge in [-0.25, -0.2) is 4.79 Å². The first-order valence-corrected chi connectivity index (χ1v) is 14.9. The summed E-state index contributed by atoms with van der Waals surface area (Å²) in [5.74, 6) is -2.14. The number of unbranched alkanes of at least 4 members (excludes halogenated alkanes) is 1. The summed E-state index contributed by atoms with van der Waals surface area (Å²) in [6.07, 6.45) is 3.06. The van der Waals surface area contributed by atoms with E-state index in [-0.39, 0.29) is 37.0 Å². The van der Waals surface area contributed by atoms with E-state index in [2.05, 4.69) is 22.9 Å². The van der Waals surface area contributed by atoms with E-state index in [1.807, 2.05) is 81.4 Å². The molecule has 1 saturated heterocycles. The number of esters is 1. The van der Waals surface area contributed by atoms with Crippen molar-refractivity contribution in [3.8, 4) is 0 Å². The fraction of sp³-hybridized carbons (Fsp3) is 0.515. The van der Waals surface area contributed by atoms with Crippen molar-refractivity contribution >= 4 is 23.7 Å². The number of cyclic esters (lactones) is 1. The lowest BCUT2D eigenvalue weighted by Gasteiger charge is -2.29. The Labute approximate surface area is 244 Å². The third-order valence-corrected chi connectivity index (χ3v) is 7.92. The van der Waals surface area contributed by atoms with Crippen LogP contribution in [0, 0.1) is 11.8 Å². The predicted molar refractivity (Wildman–Crippen MR) is 159 cm³/mol. The highest BCUT2D eigenvalue weighted by Crippen LogP contribution is 2.21. The lowest BCUT2D eigenvalue weighted by atomic mass is 9.94. The van der Waals surface area contributed by atoms with Crippen molar-refractivity contribution in [1.82, 2.24) is 16.0 Å². The maximum atomic E-state index is 13.7. The molecule has 3 amide bonds. The first-order chi connectivity index (χ1) is 19.7. The average molecular weight is 564 g/mol. The molecule has 8 nitrogen and oxygen atoms in total. The van der Waals surface area contributed by atoms with Crippen LogP contribution >= 0.6 is 0 Å². The highest BCUT2D eigenvalue weighted by molar-refractivity contribution is 5.94. The molecular weight excluding hydrogens is 518 g/mol. The van der Waals surface area contributed by atoms with Crippen LogP contribution in [-0.2, 0) is 36.8 Å². The first kappa shape index (κ1) is 31.8. The lowest BCUT2D eigenvalue weighted by Crippen LogP contribution is -2.57. The van der Waals surface area contributed by atoms with Gasteiger partial charge in [0, 0.05) is 12.8 Å². The van der Waals surface area contributed by atoms with Gasteiger partial charge < -0.3 is 20.7 Å². The predicted octanol–water partition coefficient (Wildman–Crippen LogP) is 4.11. The van der Waals surface area contributed by atoms with Crippen molar-refractivity contribution in [3.05, 3.63) is 71.8 Å². The van der Waals surface area contributed by atoms with Gasteiger partial charge in [-0.05, 0) is 29.4 Å². The maximum Gasteiger partial charge on any atom is 0.329 e. The molecule has 1 aliphatic heterocycles. The molecule has 0 aromatic heterocycles. The van der Waals surface area contributed by atoms with Gasteiger partial charge >= 0.3 is 5.97 Å². The Kier molecular flexibility index (Phi) is 12.4. The van der Waals surface area contributed by atoms with E-state index in [9.17, 15) is 19.2 Å². The zero-order valence-corrected chi connectivity index (χ0v) is 24.7. The summed E-state index contributed by atoms with van der Waals surface area (Å²) >= 11 is 0. The second-order valence-corrected chi connectivity index (χ2v) is 11.2. The van der Waals surface area contributed by atoms with Crippen LogP contribution in [0.4, 0.5) is 0 Å². The molecule has 8 heteroatoms. The Morgan fingerprint density at radius 1 is 0.756 bits per heavy atom. The van der Waals surface area contributed by atoms with E-state index < -0.39 is 42.0 Å². The summed E-state index contributed by atoms with van der Waals surface area (Å²) in [4.78, 5) is 54.3. The molecule has 1 fully saturated rings. The molecule has 222 valence electrons. The second-order valence-electron chi connectivity index (χ2n) is 11.2. The molecule has 1 unspecified atom stereocenters. The van der Waals surface area contributed by atoms with Gasteiger partial charge in [-0.15, -0.1) is 0 Å². The summed E-state index contributed by atoms with van der Waals surface area (Å²) in [5, 5.41) is 8.65. The van der Waals surface area contributed by atoms with Gasteiger partial charge in [0.05, 0.1) is 6.42 Å². The van der Waals surface area contributed by atoms with Crippen molar-refractivity contribution in [2.45, 2.75) is 96.9 Å². The minimum Gasteiger partial charge on any atom is -0.460 e. The second kappa shape index (κ2) is 15.9. The van der Waals surface area contributed by atoms with E-state index in [0.29, 0.717) is 6.42 Å². The van der Waals surface area contributed by atoms with E-state index in [1.54, 1.807) is 0 Å². The normalized spacial score (nSPS) is 23.9. The minimum atomic E-state index is -0.959. The zero-order chi connectivity index (χ0) is 29.8. The van der Waals surface area contributed by atoms with E-state index in [0.717, 1.165) is 30.4 Å².